The summed E-state index contributed by atoms with van der Waals surface area (Å²) in [6.45, 7) is 4.28. The summed E-state index contributed by atoms with van der Waals surface area (Å²) in [5.41, 5.74) is 1.99. The Morgan fingerprint density at radius 1 is 1.35 bits per heavy atom. The van der Waals surface area contributed by atoms with Crippen LogP contribution in [0.1, 0.15) is 21.7 Å². The van der Waals surface area contributed by atoms with Crippen LogP contribution >= 0.6 is 0 Å². The van der Waals surface area contributed by atoms with E-state index in [4.69, 9.17) is 4.74 Å². The van der Waals surface area contributed by atoms with E-state index in [1.165, 1.54) is 18.4 Å². The summed E-state index contributed by atoms with van der Waals surface area (Å²) in [6, 6.07) is 3.19. The van der Waals surface area contributed by atoms with Crippen LogP contribution < -0.4 is 5.32 Å². The van der Waals surface area contributed by atoms with Gasteiger partial charge in [-0.1, -0.05) is 0 Å². The standard InChI is InChI=1S/C15H23N3O4S/c1-10-5-6-13(11(2)16-10)15(19)17-14-8-22-7-12(14)9-23(20,21)18(3)4/h5-6,12,14H,7-9H2,1-4H3,(H,17,19)/t12-,14+/m0/s1. The van der Waals surface area contributed by atoms with Crippen molar-refractivity contribution in [3.63, 3.8) is 0 Å². The number of ether oxygens (including phenoxy) is 1. The van der Waals surface area contributed by atoms with Crippen molar-refractivity contribution < 1.29 is 17.9 Å². The van der Waals surface area contributed by atoms with E-state index in [0.717, 1.165) is 5.69 Å². The second-order valence-electron chi connectivity index (χ2n) is 6.02. The number of amides is 1. The zero-order valence-electron chi connectivity index (χ0n) is 13.9. The van der Waals surface area contributed by atoms with Crippen molar-refractivity contribution in [2.45, 2.75) is 19.9 Å². The lowest BCUT2D eigenvalue weighted by Gasteiger charge is -2.21. The normalized spacial score (nSPS) is 21.6. The molecule has 2 atom stereocenters. The number of nitrogens with one attached hydrogen (secondary N) is 1. The van der Waals surface area contributed by atoms with Gasteiger partial charge in [0.05, 0.1) is 36.3 Å². The number of rotatable bonds is 5. The molecule has 1 aromatic rings. The minimum Gasteiger partial charge on any atom is -0.379 e. The van der Waals surface area contributed by atoms with Crippen LogP contribution in [0.5, 0.6) is 0 Å². The quantitative estimate of drug-likeness (QED) is 0.834. The van der Waals surface area contributed by atoms with Crippen LogP contribution in [-0.2, 0) is 14.8 Å². The summed E-state index contributed by atoms with van der Waals surface area (Å²) >= 11 is 0. The largest absolute Gasteiger partial charge is 0.379 e. The van der Waals surface area contributed by atoms with E-state index in [2.05, 4.69) is 10.3 Å². The number of hydrogen-bond acceptors (Lipinski definition) is 5. The van der Waals surface area contributed by atoms with Crippen molar-refractivity contribution in [1.29, 1.82) is 0 Å². The van der Waals surface area contributed by atoms with Gasteiger partial charge in [-0.15, -0.1) is 0 Å². The Balaban J connectivity index is 2.08. The monoisotopic (exact) mass is 341 g/mol. The Bertz CT molecular complexity index is 688. The van der Waals surface area contributed by atoms with Gasteiger partial charge in [0.1, 0.15) is 0 Å². The first-order valence-corrected chi connectivity index (χ1v) is 9.04. The van der Waals surface area contributed by atoms with Crippen molar-refractivity contribution >= 4 is 15.9 Å². The van der Waals surface area contributed by atoms with E-state index >= 15 is 0 Å². The SMILES string of the molecule is Cc1ccc(C(=O)N[C@@H]2COC[C@H]2CS(=O)(=O)N(C)C)c(C)n1. The molecule has 0 spiro atoms. The first-order chi connectivity index (χ1) is 10.7. The molecule has 23 heavy (non-hydrogen) atoms. The van der Waals surface area contributed by atoms with Gasteiger partial charge in [-0.2, -0.15) is 0 Å². The number of aryl methyl sites for hydroxylation is 2. The van der Waals surface area contributed by atoms with Gasteiger partial charge in [-0.25, -0.2) is 12.7 Å². The van der Waals surface area contributed by atoms with Gasteiger partial charge in [-0.05, 0) is 26.0 Å². The fourth-order valence-electron chi connectivity index (χ4n) is 2.51. The number of nitrogens with zero attached hydrogens (tertiary/aromatic N) is 2. The first-order valence-electron chi connectivity index (χ1n) is 7.44. The summed E-state index contributed by atoms with van der Waals surface area (Å²) in [5.74, 6) is -0.557. The predicted octanol–water partition coefficient (Wildman–Crippen LogP) is 0.335. The average molecular weight is 341 g/mol. The fraction of sp³-hybridized carbons (Fsp3) is 0.600. The van der Waals surface area contributed by atoms with E-state index in [0.29, 0.717) is 24.5 Å². The molecule has 7 nitrogen and oxygen atoms in total. The molecule has 128 valence electrons. The Morgan fingerprint density at radius 2 is 2.04 bits per heavy atom. The van der Waals surface area contributed by atoms with E-state index in [9.17, 15) is 13.2 Å². The number of pyridine rings is 1. The summed E-state index contributed by atoms with van der Waals surface area (Å²) in [7, 11) is -0.339. The number of carbonyl (C=O) groups is 1. The number of hydrogen-bond donors (Lipinski definition) is 1. The summed E-state index contributed by atoms with van der Waals surface area (Å²) in [6.07, 6.45) is 0. The molecular formula is C15H23N3O4S. The van der Waals surface area contributed by atoms with Gasteiger partial charge >= 0.3 is 0 Å². The topological polar surface area (TPSA) is 88.6 Å². The summed E-state index contributed by atoms with van der Waals surface area (Å²) in [5, 5.41) is 2.88. The minimum absolute atomic E-state index is 0.0456. The van der Waals surface area contributed by atoms with E-state index in [1.807, 2.05) is 6.92 Å². The summed E-state index contributed by atoms with van der Waals surface area (Å²) < 4.78 is 30.6. The molecule has 2 heterocycles. The zero-order chi connectivity index (χ0) is 17.2. The highest BCUT2D eigenvalue weighted by Crippen LogP contribution is 2.18. The molecule has 0 aliphatic carbocycles. The highest BCUT2D eigenvalue weighted by atomic mass is 32.2. The third-order valence-electron chi connectivity index (χ3n) is 3.97. The predicted molar refractivity (Wildman–Crippen MR) is 86.7 cm³/mol. The molecule has 1 amide bonds. The molecule has 1 aliphatic rings. The number of aromatic nitrogens is 1. The van der Waals surface area contributed by atoms with Crippen molar-refractivity contribution in [3.8, 4) is 0 Å². The molecule has 0 saturated carbocycles. The lowest BCUT2D eigenvalue weighted by molar-refractivity contribution is 0.0925. The van der Waals surface area contributed by atoms with Crippen molar-refractivity contribution in [3.05, 3.63) is 29.1 Å². The highest BCUT2D eigenvalue weighted by molar-refractivity contribution is 7.89. The van der Waals surface area contributed by atoms with Gasteiger partial charge in [-0.3, -0.25) is 9.78 Å². The minimum atomic E-state index is -3.34. The maximum atomic E-state index is 12.4. The van der Waals surface area contributed by atoms with Crippen LogP contribution in [-0.4, -0.2) is 62.7 Å². The van der Waals surface area contributed by atoms with Crippen molar-refractivity contribution in [2.75, 3.05) is 33.1 Å². The van der Waals surface area contributed by atoms with Crippen LogP contribution in [0.3, 0.4) is 0 Å². The second kappa shape index (κ2) is 6.94. The molecule has 1 fully saturated rings. The zero-order valence-corrected chi connectivity index (χ0v) is 14.7. The van der Waals surface area contributed by atoms with Crippen LogP contribution in [0.2, 0.25) is 0 Å². The van der Waals surface area contributed by atoms with Gasteiger partial charge in [0.2, 0.25) is 10.0 Å². The lowest BCUT2D eigenvalue weighted by Crippen LogP contribution is -2.43. The molecule has 1 aromatic heterocycles. The third kappa shape index (κ3) is 4.27. The molecule has 1 N–H and O–H groups in total. The fourth-order valence-corrected chi connectivity index (χ4v) is 3.68. The first kappa shape index (κ1) is 17.8. The highest BCUT2D eigenvalue weighted by Gasteiger charge is 2.34. The number of carbonyl (C=O) groups excluding carboxylic acids is 1. The Labute approximate surface area is 137 Å². The van der Waals surface area contributed by atoms with Crippen LogP contribution in [0.25, 0.3) is 0 Å². The summed E-state index contributed by atoms with van der Waals surface area (Å²) in [4.78, 5) is 16.7. The molecule has 1 saturated heterocycles. The lowest BCUT2D eigenvalue weighted by atomic mass is 10.1. The van der Waals surface area contributed by atoms with Gasteiger partial charge in [0.25, 0.3) is 5.91 Å². The smallest absolute Gasteiger partial charge is 0.253 e. The maximum absolute atomic E-state index is 12.4. The van der Waals surface area contributed by atoms with Crippen LogP contribution in [0, 0.1) is 19.8 Å². The van der Waals surface area contributed by atoms with E-state index in [1.54, 1.807) is 19.1 Å². The molecule has 0 radical (unpaired) electrons. The average Bonchev–Trinajstić information content (AvgIpc) is 2.84. The van der Waals surface area contributed by atoms with Crippen LogP contribution in [0.15, 0.2) is 12.1 Å². The second-order valence-corrected chi connectivity index (χ2v) is 8.25. The van der Waals surface area contributed by atoms with Crippen molar-refractivity contribution in [2.24, 2.45) is 5.92 Å². The molecule has 8 heteroatoms. The molecule has 0 bridgehead atoms. The molecule has 1 aliphatic heterocycles. The van der Waals surface area contributed by atoms with E-state index < -0.39 is 10.0 Å². The molecule has 0 aromatic carbocycles. The van der Waals surface area contributed by atoms with E-state index in [-0.39, 0.29) is 23.6 Å². The number of sulfonamides is 1. The maximum Gasteiger partial charge on any atom is 0.253 e. The Morgan fingerprint density at radius 3 is 2.65 bits per heavy atom. The third-order valence-corrected chi connectivity index (χ3v) is 5.93. The van der Waals surface area contributed by atoms with Crippen molar-refractivity contribution in [1.82, 2.24) is 14.6 Å². The molecule has 0 unspecified atom stereocenters. The molecule has 2 rings (SSSR count). The van der Waals surface area contributed by atoms with Gasteiger partial charge < -0.3 is 10.1 Å². The van der Waals surface area contributed by atoms with Gasteiger partial charge in [0.15, 0.2) is 0 Å². The van der Waals surface area contributed by atoms with Crippen LogP contribution in [0.4, 0.5) is 0 Å². The van der Waals surface area contributed by atoms with Gasteiger partial charge in [0, 0.05) is 25.7 Å². The Hall–Kier alpha value is -1.51. The molecular weight excluding hydrogens is 318 g/mol. The Kier molecular flexibility index (Phi) is 5.38.